The van der Waals surface area contributed by atoms with Crippen LogP contribution in [-0.4, -0.2) is 30.4 Å². The molecule has 1 aromatic carbocycles. The number of nitriles is 1. The first kappa shape index (κ1) is 19.2. The molecule has 0 aliphatic heterocycles. The third kappa shape index (κ3) is 2.89. The van der Waals surface area contributed by atoms with Gasteiger partial charge in [0.25, 0.3) is 0 Å². The lowest BCUT2D eigenvalue weighted by Crippen LogP contribution is -2.30. The number of aromatic amines is 1. The minimum atomic E-state index is -3.71. The Balaban J connectivity index is 2.01. The number of benzene rings is 1. The summed E-state index contributed by atoms with van der Waals surface area (Å²) in [4.78, 5) is 20.9. The van der Waals surface area contributed by atoms with Crippen LogP contribution in [0.5, 0.6) is 5.75 Å². The lowest BCUT2D eigenvalue weighted by molar-refractivity contribution is 0.103. The highest BCUT2D eigenvalue weighted by molar-refractivity contribution is 7.86. The number of rotatable bonds is 3. The maximum Gasteiger partial charge on any atom is 0.306 e. The Bertz CT molecular complexity index is 1340. The van der Waals surface area contributed by atoms with E-state index >= 15 is 0 Å². The quantitative estimate of drug-likeness (QED) is 0.665. The molecule has 0 spiro atoms. The monoisotopic (exact) mass is 409 g/mol. The van der Waals surface area contributed by atoms with Crippen LogP contribution in [0.4, 0.5) is 0 Å². The molecule has 1 N–H and O–H groups in total. The average molecular weight is 409 g/mol. The fourth-order valence-corrected chi connectivity index (χ4v) is 4.44. The molecule has 2 heterocycles. The first-order valence-corrected chi connectivity index (χ1v) is 10.9. The van der Waals surface area contributed by atoms with Gasteiger partial charge >= 0.3 is 10.1 Å². The van der Waals surface area contributed by atoms with Gasteiger partial charge in [-0.15, -0.1) is 0 Å². The van der Waals surface area contributed by atoms with Crippen molar-refractivity contribution in [2.45, 2.75) is 32.6 Å². The van der Waals surface area contributed by atoms with Crippen molar-refractivity contribution in [2.75, 3.05) is 6.26 Å². The fourth-order valence-electron chi connectivity index (χ4n) is 3.95. The molecular weight excluding hydrogens is 390 g/mol. The van der Waals surface area contributed by atoms with Crippen LogP contribution < -0.4 is 4.18 Å². The van der Waals surface area contributed by atoms with Gasteiger partial charge in [0.2, 0.25) is 0 Å². The van der Waals surface area contributed by atoms with Crippen LogP contribution in [0.2, 0.25) is 0 Å². The third-order valence-electron chi connectivity index (χ3n) is 5.37. The Morgan fingerprint density at radius 3 is 2.62 bits per heavy atom. The lowest BCUT2D eigenvalue weighted by atomic mass is 9.71. The van der Waals surface area contributed by atoms with E-state index in [0.29, 0.717) is 45.4 Å². The summed E-state index contributed by atoms with van der Waals surface area (Å²) in [6.07, 6.45) is 1.51. The highest BCUT2D eigenvalue weighted by atomic mass is 32.2. The van der Waals surface area contributed by atoms with Crippen molar-refractivity contribution >= 4 is 26.9 Å². The normalized spacial score (nSPS) is 14.9. The summed E-state index contributed by atoms with van der Waals surface area (Å²) in [6, 6.07) is 8.70. The molecule has 0 amide bonds. The number of hydrogen-bond donors (Lipinski definition) is 1. The number of hydrogen-bond acceptors (Lipinski definition) is 6. The Hall–Kier alpha value is -3.18. The number of carbonyl (C=O) groups excluding carboxylic acids is 1. The number of ketones is 1. The summed E-state index contributed by atoms with van der Waals surface area (Å²) >= 11 is 0. The second-order valence-electron chi connectivity index (χ2n) is 7.68. The van der Waals surface area contributed by atoms with Crippen molar-refractivity contribution in [3.05, 3.63) is 57.9 Å². The lowest BCUT2D eigenvalue weighted by Gasteiger charge is -2.32. The van der Waals surface area contributed by atoms with E-state index in [1.165, 1.54) is 0 Å². The summed E-state index contributed by atoms with van der Waals surface area (Å²) in [5.74, 6) is 0.0757. The predicted octanol–water partition coefficient (Wildman–Crippen LogP) is 3.21. The van der Waals surface area contributed by atoms with Crippen LogP contribution in [0, 0.1) is 11.3 Å². The molecule has 0 atom stereocenters. The van der Waals surface area contributed by atoms with Gasteiger partial charge in [-0.05, 0) is 41.8 Å². The molecule has 1 aliphatic rings. The second-order valence-corrected chi connectivity index (χ2v) is 9.26. The first-order valence-electron chi connectivity index (χ1n) is 9.11. The van der Waals surface area contributed by atoms with E-state index in [-0.39, 0.29) is 17.2 Å². The van der Waals surface area contributed by atoms with Crippen molar-refractivity contribution in [2.24, 2.45) is 0 Å². The number of H-pyrrole nitrogens is 1. The van der Waals surface area contributed by atoms with Gasteiger partial charge in [0.05, 0.1) is 11.8 Å². The molecular formula is C21H19N3O4S. The van der Waals surface area contributed by atoms with Gasteiger partial charge in [0.1, 0.15) is 23.2 Å². The summed E-state index contributed by atoms with van der Waals surface area (Å²) in [5.41, 5.74) is 3.17. The molecule has 3 aromatic rings. The van der Waals surface area contributed by atoms with Crippen LogP contribution in [0.3, 0.4) is 0 Å². The van der Waals surface area contributed by atoms with Gasteiger partial charge in [-0.3, -0.25) is 4.79 Å². The van der Waals surface area contributed by atoms with E-state index in [1.54, 1.807) is 24.3 Å². The van der Waals surface area contributed by atoms with Crippen molar-refractivity contribution in [1.82, 2.24) is 9.97 Å². The largest absolute Gasteiger partial charge is 0.382 e. The first-order chi connectivity index (χ1) is 13.6. The highest BCUT2D eigenvalue weighted by Gasteiger charge is 2.40. The van der Waals surface area contributed by atoms with E-state index < -0.39 is 15.5 Å². The zero-order valence-corrected chi connectivity index (χ0v) is 17.3. The van der Waals surface area contributed by atoms with Gasteiger partial charge in [-0.2, -0.15) is 13.7 Å². The molecule has 7 nitrogen and oxygen atoms in total. The van der Waals surface area contributed by atoms with E-state index in [9.17, 15) is 13.2 Å². The number of aryl methyl sites for hydroxylation is 1. The minimum Gasteiger partial charge on any atom is -0.382 e. The Morgan fingerprint density at radius 2 is 2.00 bits per heavy atom. The zero-order chi connectivity index (χ0) is 21.1. The van der Waals surface area contributed by atoms with Gasteiger partial charge in [0.15, 0.2) is 5.78 Å². The number of nitrogens with zero attached hydrogens (tertiary/aromatic N) is 2. The Labute approximate surface area is 168 Å². The summed E-state index contributed by atoms with van der Waals surface area (Å²) in [7, 11) is -3.71. The molecule has 0 fully saturated rings. The predicted molar refractivity (Wildman–Crippen MR) is 108 cm³/mol. The number of pyridine rings is 1. The second kappa shape index (κ2) is 6.16. The van der Waals surface area contributed by atoms with E-state index in [4.69, 9.17) is 9.44 Å². The molecule has 4 rings (SSSR count). The molecule has 0 radical (unpaired) electrons. The highest BCUT2D eigenvalue weighted by Crippen LogP contribution is 2.45. The molecule has 2 aromatic heterocycles. The molecule has 0 unspecified atom stereocenters. The van der Waals surface area contributed by atoms with Crippen molar-refractivity contribution in [3.63, 3.8) is 0 Å². The molecule has 148 valence electrons. The van der Waals surface area contributed by atoms with Gasteiger partial charge in [-0.1, -0.05) is 20.8 Å². The molecule has 0 saturated carbocycles. The van der Waals surface area contributed by atoms with Crippen LogP contribution in [-0.2, 0) is 22.0 Å². The average Bonchev–Trinajstić information content (AvgIpc) is 3.04. The van der Waals surface area contributed by atoms with Crippen LogP contribution in [0.1, 0.15) is 59.2 Å². The number of carbonyl (C=O) groups is 1. The van der Waals surface area contributed by atoms with Gasteiger partial charge in [-0.25, -0.2) is 4.98 Å². The zero-order valence-electron chi connectivity index (χ0n) is 16.5. The van der Waals surface area contributed by atoms with Gasteiger partial charge in [0, 0.05) is 22.1 Å². The van der Waals surface area contributed by atoms with E-state index in [0.717, 1.165) is 6.26 Å². The van der Waals surface area contributed by atoms with Crippen molar-refractivity contribution in [1.29, 1.82) is 5.26 Å². The summed E-state index contributed by atoms with van der Waals surface area (Å²) in [6.45, 7) is 5.78. The Kier molecular flexibility index (Phi) is 4.07. The maximum atomic E-state index is 13.4. The SMILES string of the molecule is CCc1cc2c(cc1OS(C)(=O)=O)C(C)(C)c1[nH]c3nc(C#N)ccc3c1C2=O. The topological polar surface area (TPSA) is 113 Å². The summed E-state index contributed by atoms with van der Waals surface area (Å²) in [5, 5.41) is 9.79. The smallest absolute Gasteiger partial charge is 0.306 e. The number of nitrogens with one attached hydrogen (secondary N) is 1. The van der Waals surface area contributed by atoms with Crippen LogP contribution >= 0.6 is 0 Å². The molecule has 0 bridgehead atoms. The van der Waals surface area contributed by atoms with Crippen molar-refractivity contribution < 1.29 is 17.4 Å². The third-order valence-corrected chi connectivity index (χ3v) is 5.85. The number of fused-ring (bicyclic) bond motifs is 4. The van der Waals surface area contributed by atoms with E-state index in [1.807, 2.05) is 26.8 Å². The Morgan fingerprint density at radius 1 is 1.28 bits per heavy atom. The summed E-state index contributed by atoms with van der Waals surface area (Å²) < 4.78 is 28.6. The number of aromatic nitrogens is 2. The molecule has 1 aliphatic carbocycles. The fraction of sp³-hybridized carbons (Fsp3) is 0.286. The standard InChI is InChI=1S/C21H19N3O4S/c1-5-11-8-14-15(9-16(11)28-29(4,26)27)21(2,3)19-17(18(14)25)13-7-6-12(10-22)23-20(13)24-19/h6-9H,5H2,1-4H3,(H,23,24). The molecule has 0 saturated heterocycles. The minimum absolute atomic E-state index is 0.160. The van der Waals surface area contributed by atoms with E-state index in [2.05, 4.69) is 9.97 Å². The van der Waals surface area contributed by atoms with Crippen LogP contribution in [0.25, 0.3) is 11.0 Å². The molecule has 8 heteroatoms. The maximum absolute atomic E-state index is 13.4. The van der Waals surface area contributed by atoms with Crippen LogP contribution in [0.15, 0.2) is 24.3 Å². The van der Waals surface area contributed by atoms with Gasteiger partial charge < -0.3 is 9.17 Å². The molecule has 29 heavy (non-hydrogen) atoms. The van der Waals surface area contributed by atoms with Crippen molar-refractivity contribution in [3.8, 4) is 11.8 Å².